The summed E-state index contributed by atoms with van der Waals surface area (Å²) >= 11 is 0. The normalized spacial score (nSPS) is 11.0. The second-order valence-corrected chi connectivity index (χ2v) is 6.41. The molecule has 5 heteroatoms. The predicted molar refractivity (Wildman–Crippen MR) is 105 cm³/mol. The monoisotopic (exact) mass is 356 g/mol. The minimum absolute atomic E-state index is 0.0810. The molecule has 1 heterocycles. The van der Waals surface area contributed by atoms with E-state index >= 15 is 0 Å². The van der Waals surface area contributed by atoms with Crippen LogP contribution in [0.4, 0.5) is 0 Å². The van der Waals surface area contributed by atoms with Crippen LogP contribution in [0, 0.1) is 0 Å². The lowest BCUT2D eigenvalue weighted by Gasteiger charge is -2.19. The topological polar surface area (TPSA) is 59.8 Å². The van der Waals surface area contributed by atoms with Gasteiger partial charge in [0.2, 0.25) is 5.91 Å². The molecule has 0 saturated heterocycles. The van der Waals surface area contributed by atoms with E-state index in [0.717, 1.165) is 11.0 Å². The van der Waals surface area contributed by atoms with Crippen LogP contribution in [0.2, 0.25) is 0 Å². The van der Waals surface area contributed by atoms with Gasteiger partial charge in [-0.2, -0.15) is 0 Å². The van der Waals surface area contributed by atoms with Gasteiger partial charge in [0, 0.05) is 12.5 Å². The zero-order chi connectivity index (χ0) is 18.5. The van der Waals surface area contributed by atoms with Crippen LogP contribution in [-0.2, 0) is 11.3 Å². The molecule has 4 aromatic rings. The molecule has 0 atom stereocenters. The van der Waals surface area contributed by atoms with Gasteiger partial charge in [0.1, 0.15) is 12.1 Å². The molecule has 1 aromatic heterocycles. The maximum absolute atomic E-state index is 12.5. The van der Waals surface area contributed by atoms with Crippen LogP contribution in [0.3, 0.4) is 0 Å². The minimum Gasteiger partial charge on any atom is -0.354 e. The molecule has 0 fully saturated rings. The van der Waals surface area contributed by atoms with Crippen LogP contribution < -0.4 is 5.32 Å². The Morgan fingerprint density at radius 1 is 0.852 bits per heavy atom. The van der Waals surface area contributed by atoms with Gasteiger partial charge in [-0.15, -0.1) is 5.10 Å². The standard InChI is InChI=1S/C22H20N4O/c27-22(16-26-21-14-8-7-13-20(21)24-25-26)23-15-19(17-9-3-1-4-10-17)18-11-5-2-6-12-18/h1-14,19H,15-16H2,(H,23,27). The number of amides is 1. The van der Waals surface area contributed by atoms with Gasteiger partial charge in [-0.1, -0.05) is 78.0 Å². The molecule has 0 spiro atoms. The summed E-state index contributed by atoms with van der Waals surface area (Å²) in [5.74, 6) is 0.0198. The summed E-state index contributed by atoms with van der Waals surface area (Å²) in [6, 6.07) is 28.1. The maximum Gasteiger partial charge on any atom is 0.241 e. The smallest absolute Gasteiger partial charge is 0.241 e. The highest BCUT2D eigenvalue weighted by molar-refractivity contribution is 5.79. The van der Waals surface area contributed by atoms with E-state index in [0.29, 0.717) is 6.54 Å². The second kappa shape index (κ2) is 7.83. The fourth-order valence-corrected chi connectivity index (χ4v) is 3.24. The Kier molecular flexibility index (Phi) is 4.92. The van der Waals surface area contributed by atoms with Crippen molar-refractivity contribution < 1.29 is 4.79 Å². The molecule has 3 aromatic carbocycles. The molecule has 0 unspecified atom stereocenters. The Hall–Kier alpha value is -3.47. The molecule has 134 valence electrons. The first-order valence-corrected chi connectivity index (χ1v) is 8.96. The Morgan fingerprint density at radius 2 is 1.44 bits per heavy atom. The molecule has 1 amide bonds. The van der Waals surface area contributed by atoms with Crippen molar-refractivity contribution in [2.75, 3.05) is 6.54 Å². The first kappa shape index (κ1) is 17.0. The fourth-order valence-electron chi connectivity index (χ4n) is 3.24. The SMILES string of the molecule is O=C(Cn1nnc2ccccc21)NCC(c1ccccc1)c1ccccc1. The predicted octanol–water partition coefficient (Wildman–Crippen LogP) is 3.38. The number of carbonyl (C=O) groups is 1. The van der Waals surface area contributed by atoms with Crippen LogP contribution >= 0.6 is 0 Å². The zero-order valence-electron chi connectivity index (χ0n) is 14.8. The Bertz CT molecular complexity index is 988. The number of fused-ring (bicyclic) bond motifs is 1. The molecule has 5 nitrogen and oxygen atoms in total. The van der Waals surface area contributed by atoms with E-state index in [1.807, 2.05) is 60.7 Å². The Morgan fingerprint density at radius 3 is 2.11 bits per heavy atom. The van der Waals surface area contributed by atoms with Crippen LogP contribution in [0.1, 0.15) is 17.0 Å². The quantitative estimate of drug-likeness (QED) is 0.576. The number of aromatic nitrogens is 3. The summed E-state index contributed by atoms with van der Waals surface area (Å²) in [5, 5.41) is 11.2. The first-order valence-electron chi connectivity index (χ1n) is 8.96. The Balaban J connectivity index is 1.48. The molecular weight excluding hydrogens is 336 g/mol. The van der Waals surface area contributed by atoms with Crippen molar-refractivity contribution in [1.82, 2.24) is 20.3 Å². The van der Waals surface area contributed by atoms with Gasteiger partial charge in [-0.25, -0.2) is 4.68 Å². The van der Waals surface area contributed by atoms with Crippen molar-refractivity contribution in [2.45, 2.75) is 12.5 Å². The van der Waals surface area contributed by atoms with E-state index in [4.69, 9.17) is 0 Å². The van der Waals surface area contributed by atoms with E-state index in [1.165, 1.54) is 11.1 Å². The molecule has 0 aliphatic heterocycles. The second-order valence-electron chi connectivity index (χ2n) is 6.41. The largest absolute Gasteiger partial charge is 0.354 e. The maximum atomic E-state index is 12.5. The van der Waals surface area contributed by atoms with E-state index in [9.17, 15) is 4.79 Å². The molecule has 0 aliphatic rings. The van der Waals surface area contributed by atoms with Gasteiger partial charge >= 0.3 is 0 Å². The van der Waals surface area contributed by atoms with Gasteiger partial charge in [0.15, 0.2) is 0 Å². The highest BCUT2D eigenvalue weighted by Gasteiger charge is 2.16. The van der Waals surface area contributed by atoms with Crippen LogP contribution in [-0.4, -0.2) is 27.4 Å². The molecular formula is C22H20N4O. The summed E-state index contributed by atoms with van der Waals surface area (Å²) in [6.07, 6.45) is 0. The third-order valence-corrected chi connectivity index (χ3v) is 4.62. The molecule has 0 bridgehead atoms. The van der Waals surface area contributed by atoms with E-state index < -0.39 is 0 Å². The van der Waals surface area contributed by atoms with Crippen LogP contribution in [0.25, 0.3) is 11.0 Å². The third kappa shape index (κ3) is 3.87. The van der Waals surface area contributed by atoms with Crippen molar-refractivity contribution in [3.63, 3.8) is 0 Å². The van der Waals surface area contributed by atoms with Gasteiger partial charge in [0.05, 0.1) is 5.52 Å². The van der Waals surface area contributed by atoms with E-state index in [1.54, 1.807) is 4.68 Å². The van der Waals surface area contributed by atoms with Crippen LogP contribution in [0.5, 0.6) is 0 Å². The summed E-state index contributed by atoms with van der Waals surface area (Å²) in [4.78, 5) is 12.5. The highest BCUT2D eigenvalue weighted by atomic mass is 16.2. The number of nitrogens with one attached hydrogen (secondary N) is 1. The summed E-state index contributed by atoms with van der Waals surface area (Å²) in [7, 11) is 0. The van der Waals surface area contributed by atoms with Crippen molar-refractivity contribution in [1.29, 1.82) is 0 Å². The molecule has 1 N–H and O–H groups in total. The number of hydrogen-bond acceptors (Lipinski definition) is 3. The number of carbonyl (C=O) groups excluding carboxylic acids is 1. The van der Waals surface area contributed by atoms with Crippen LogP contribution in [0.15, 0.2) is 84.9 Å². The van der Waals surface area contributed by atoms with Crippen molar-refractivity contribution in [2.24, 2.45) is 0 Å². The van der Waals surface area contributed by atoms with Crippen molar-refractivity contribution >= 4 is 16.9 Å². The molecule has 0 radical (unpaired) electrons. The Labute approximate surface area is 157 Å². The number of benzene rings is 3. The highest BCUT2D eigenvalue weighted by Crippen LogP contribution is 2.23. The summed E-state index contributed by atoms with van der Waals surface area (Å²) in [5.41, 5.74) is 4.00. The lowest BCUT2D eigenvalue weighted by atomic mass is 9.91. The fraction of sp³-hybridized carbons (Fsp3) is 0.136. The third-order valence-electron chi connectivity index (χ3n) is 4.62. The average Bonchev–Trinajstić information content (AvgIpc) is 3.13. The lowest BCUT2D eigenvalue weighted by molar-refractivity contribution is -0.121. The summed E-state index contributed by atoms with van der Waals surface area (Å²) < 4.78 is 1.63. The van der Waals surface area contributed by atoms with E-state index in [-0.39, 0.29) is 18.4 Å². The van der Waals surface area contributed by atoms with Gasteiger partial charge in [-0.3, -0.25) is 4.79 Å². The average molecular weight is 356 g/mol. The number of para-hydroxylation sites is 1. The summed E-state index contributed by atoms with van der Waals surface area (Å²) in [6.45, 7) is 0.677. The van der Waals surface area contributed by atoms with Crippen molar-refractivity contribution in [3.05, 3.63) is 96.1 Å². The number of nitrogens with zero attached hydrogens (tertiary/aromatic N) is 3. The molecule has 0 saturated carbocycles. The van der Waals surface area contributed by atoms with Gasteiger partial charge < -0.3 is 5.32 Å². The minimum atomic E-state index is -0.0810. The van der Waals surface area contributed by atoms with Crippen molar-refractivity contribution in [3.8, 4) is 0 Å². The number of hydrogen-bond donors (Lipinski definition) is 1. The van der Waals surface area contributed by atoms with E-state index in [2.05, 4.69) is 39.9 Å². The van der Waals surface area contributed by atoms with Gasteiger partial charge in [-0.05, 0) is 23.3 Å². The number of rotatable bonds is 6. The molecule has 0 aliphatic carbocycles. The lowest BCUT2D eigenvalue weighted by Crippen LogP contribution is -2.32. The zero-order valence-corrected chi connectivity index (χ0v) is 14.8. The van der Waals surface area contributed by atoms with Gasteiger partial charge in [0.25, 0.3) is 0 Å². The first-order chi connectivity index (χ1) is 13.3. The molecule has 4 rings (SSSR count). The molecule has 27 heavy (non-hydrogen) atoms.